The maximum Gasteiger partial charge on any atom is 0.141 e. The monoisotopic (exact) mass is 210 g/mol. The summed E-state index contributed by atoms with van der Waals surface area (Å²) in [4.78, 5) is 3.95. The molecule has 0 amide bonds. The molecule has 0 atom stereocenters. The molecule has 0 aliphatic carbocycles. The summed E-state index contributed by atoms with van der Waals surface area (Å²) >= 11 is 0. The molecule has 15 heavy (non-hydrogen) atoms. The number of pyridine rings is 1. The summed E-state index contributed by atoms with van der Waals surface area (Å²) in [6.45, 7) is 2.59. The molecule has 0 radical (unpaired) electrons. The number of hydrogen-bond acceptors (Lipinski definition) is 3. The van der Waals surface area contributed by atoms with Gasteiger partial charge < -0.3 is 10.1 Å². The molecule has 0 unspecified atom stereocenters. The molecule has 0 aromatic carbocycles. The van der Waals surface area contributed by atoms with E-state index in [0.717, 1.165) is 38.4 Å². The fourth-order valence-electron chi connectivity index (χ4n) is 1.68. The Morgan fingerprint density at radius 1 is 1.40 bits per heavy atom. The number of hydrogen-bond donors (Lipinski definition) is 1. The fourth-order valence-corrected chi connectivity index (χ4v) is 1.68. The minimum Gasteiger partial charge on any atom is -0.381 e. The number of ether oxygens (including phenoxy) is 1. The molecule has 1 aliphatic heterocycles. The molecule has 2 heterocycles. The molecule has 1 aromatic heterocycles. The first kappa shape index (κ1) is 10.4. The van der Waals surface area contributed by atoms with Crippen LogP contribution in [0.4, 0.5) is 10.2 Å². The highest BCUT2D eigenvalue weighted by molar-refractivity contribution is 5.33. The number of nitrogens with one attached hydrogen (secondary N) is 1. The average Bonchev–Trinajstić information content (AvgIpc) is 2.30. The van der Waals surface area contributed by atoms with Crippen LogP contribution in [0.2, 0.25) is 0 Å². The van der Waals surface area contributed by atoms with Crippen molar-refractivity contribution in [2.24, 2.45) is 5.92 Å². The van der Waals surface area contributed by atoms with E-state index in [1.165, 1.54) is 12.3 Å². The molecule has 2 rings (SSSR count). The van der Waals surface area contributed by atoms with Crippen LogP contribution < -0.4 is 5.32 Å². The molecule has 82 valence electrons. The molecule has 0 spiro atoms. The summed E-state index contributed by atoms with van der Waals surface area (Å²) < 4.78 is 17.8. The second kappa shape index (κ2) is 5.07. The van der Waals surface area contributed by atoms with E-state index in [2.05, 4.69) is 10.3 Å². The van der Waals surface area contributed by atoms with E-state index >= 15 is 0 Å². The molecule has 1 saturated heterocycles. The van der Waals surface area contributed by atoms with Crippen LogP contribution in [0.3, 0.4) is 0 Å². The summed E-state index contributed by atoms with van der Waals surface area (Å²) in [5.74, 6) is 1.08. The smallest absolute Gasteiger partial charge is 0.141 e. The lowest BCUT2D eigenvalue weighted by Gasteiger charge is -2.22. The Hall–Kier alpha value is -1.16. The molecule has 0 bridgehead atoms. The molecule has 1 N–H and O–H groups in total. The van der Waals surface area contributed by atoms with E-state index in [-0.39, 0.29) is 5.82 Å². The van der Waals surface area contributed by atoms with Gasteiger partial charge in [-0.2, -0.15) is 0 Å². The normalized spacial score (nSPS) is 17.7. The Morgan fingerprint density at radius 2 is 2.20 bits per heavy atom. The number of halogens is 1. The Bertz CT molecular complexity index is 296. The highest BCUT2D eigenvalue weighted by Gasteiger charge is 2.13. The number of anilines is 1. The molecular weight excluding hydrogens is 195 g/mol. The summed E-state index contributed by atoms with van der Waals surface area (Å²) in [5, 5.41) is 3.21. The number of nitrogens with zero attached hydrogens (tertiary/aromatic N) is 1. The van der Waals surface area contributed by atoms with Gasteiger partial charge in [-0.3, -0.25) is 0 Å². The Kier molecular flexibility index (Phi) is 3.50. The van der Waals surface area contributed by atoms with Gasteiger partial charge in [0, 0.05) is 19.8 Å². The first-order chi connectivity index (χ1) is 7.34. The zero-order valence-electron chi connectivity index (χ0n) is 8.58. The van der Waals surface area contributed by atoms with E-state index in [1.807, 2.05) is 0 Å². The van der Waals surface area contributed by atoms with E-state index in [9.17, 15) is 4.39 Å². The van der Waals surface area contributed by atoms with Crippen molar-refractivity contribution in [1.29, 1.82) is 0 Å². The van der Waals surface area contributed by atoms with Crippen molar-refractivity contribution in [2.75, 3.05) is 25.1 Å². The summed E-state index contributed by atoms with van der Waals surface area (Å²) in [6.07, 6.45) is 3.41. The molecule has 3 nitrogen and oxygen atoms in total. The van der Waals surface area contributed by atoms with Crippen molar-refractivity contribution in [3.05, 3.63) is 24.1 Å². The van der Waals surface area contributed by atoms with Gasteiger partial charge in [0.1, 0.15) is 11.6 Å². The second-order valence-electron chi connectivity index (χ2n) is 3.80. The average molecular weight is 210 g/mol. The lowest BCUT2D eigenvalue weighted by molar-refractivity contribution is 0.0699. The van der Waals surface area contributed by atoms with Crippen LogP contribution >= 0.6 is 0 Å². The van der Waals surface area contributed by atoms with E-state index in [4.69, 9.17) is 4.74 Å². The Labute approximate surface area is 88.7 Å². The van der Waals surface area contributed by atoms with Crippen LogP contribution in [0.15, 0.2) is 18.3 Å². The van der Waals surface area contributed by atoms with Crippen LogP contribution in [0, 0.1) is 11.7 Å². The summed E-state index contributed by atoms with van der Waals surface area (Å²) in [6, 6.07) is 3.08. The zero-order chi connectivity index (χ0) is 10.5. The van der Waals surface area contributed by atoms with Crippen LogP contribution in [0.5, 0.6) is 0 Å². The Balaban J connectivity index is 1.79. The topological polar surface area (TPSA) is 34.1 Å². The van der Waals surface area contributed by atoms with Crippen molar-refractivity contribution in [2.45, 2.75) is 12.8 Å². The molecule has 0 saturated carbocycles. The van der Waals surface area contributed by atoms with Gasteiger partial charge >= 0.3 is 0 Å². The number of rotatable bonds is 3. The molecule has 1 aliphatic rings. The van der Waals surface area contributed by atoms with Crippen molar-refractivity contribution in [1.82, 2.24) is 4.98 Å². The molecule has 1 fully saturated rings. The standard InChI is InChI=1S/C11H15FN2O/c12-10-1-2-11(14-8-10)13-7-9-3-5-15-6-4-9/h1-2,8-9H,3-7H2,(H,13,14). The van der Waals surface area contributed by atoms with Gasteiger partial charge in [-0.25, -0.2) is 9.37 Å². The SMILES string of the molecule is Fc1ccc(NCC2CCOCC2)nc1. The van der Waals surface area contributed by atoms with Crippen LogP contribution in [-0.4, -0.2) is 24.7 Å². The first-order valence-electron chi connectivity index (χ1n) is 5.28. The third-order valence-corrected chi connectivity index (χ3v) is 2.64. The van der Waals surface area contributed by atoms with Crippen molar-refractivity contribution in [3.8, 4) is 0 Å². The van der Waals surface area contributed by atoms with Crippen LogP contribution in [0.1, 0.15) is 12.8 Å². The van der Waals surface area contributed by atoms with Gasteiger partial charge in [-0.15, -0.1) is 0 Å². The summed E-state index contributed by atoms with van der Waals surface area (Å²) in [7, 11) is 0. The Morgan fingerprint density at radius 3 is 2.87 bits per heavy atom. The van der Waals surface area contributed by atoms with Crippen LogP contribution in [-0.2, 0) is 4.74 Å². The van der Waals surface area contributed by atoms with Crippen molar-refractivity contribution < 1.29 is 9.13 Å². The van der Waals surface area contributed by atoms with Gasteiger partial charge in [0.2, 0.25) is 0 Å². The second-order valence-corrected chi connectivity index (χ2v) is 3.80. The van der Waals surface area contributed by atoms with Crippen molar-refractivity contribution >= 4 is 5.82 Å². The molecule has 4 heteroatoms. The fraction of sp³-hybridized carbons (Fsp3) is 0.545. The predicted molar refractivity (Wildman–Crippen MR) is 56.2 cm³/mol. The third-order valence-electron chi connectivity index (χ3n) is 2.64. The number of aromatic nitrogens is 1. The summed E-state index contributed by atoms with van der Waals surface area (Å²) in [5.41, 5.74) is 0. The van der Waals surface area contributed by atoms with E-state index < -0.39 is 0 Å². The van der Waals surface area contributed by atoms with E-state index in [1.54, 1.807) is 6.07 Å². The van der Waals surface area contributed by atoms with Gasteiger partial charge in [-0.05, 0) is 30.9 Å². The third kappa shape index (κ3) is 3.16. The van der Waals surface area contributed by atoms with Gasteiger partial charge in [-0.1, -0.05) is 0 Å². The molecular formula is C11H15FN2O. The van der Waals surface area contributed by atoms with Crippen LogP contribution in [0.25, 0.3) is 0 Å². The zero-order valence-corrected chi connectivity index (χ0v) is 8.58. The van der Waals surface area contributed by atoms with Gasteiger partial charge in [0.05, 0.1) is 6.20 Å². The van der Waals surface area contributed by atoms with Crippen molar-refractivity contribution in [3.63, 3.8) is 0 Å². The van der Waals surface area contributed by atoms with Gasteiger partial charge in [0.25, 0.3) is 0 Å². The maximum atomic E-state index is 12.6. The quantitative estimate of drug-likeness (QED) is 0.829. The largest absolute Gasteiger partial charge is 0.381 e. The van der Waals surface area contributed by atoms with E-state index in [0.29, 0.717) is 5.92 Å². The minimum atomic E-state index is -0.299. The predicted octanol–water partition coefficient (Wildman–Crippen LogP) is 2.06. The highest BCUT2D eigenvalue weighted by atomic mass is 19.1. The van der Waals surface area contributed by atoms with Gasteiger partial charge in [0.15, 0.2) is 0 Å². The highest BCUT2D eigenvalue weighted by Crippen LogP contribution is 2.15. The minimum absolute atomic E-state index is 0.299. The lowest BCUT2D eigenvalue weighted by Crippen LogP contribution is -2.22. The lowest BCUT2D eigenvalue weighted by atomic mass is 10.0. The molecule has 1 aromatic rings. The maximum absolute atomic E-state index is 12.6. The first-order valence-corrected chi connectivity index (χ1v) is 5.28.